The number of hydrogen-bond acceptors (Lipinski definition) is 13. The van der Waals surface area contributed by atoms with E-state index in [-0.39, 0.29) is 5.82 Å². The summed E-state index contributed by atoms with van der Waals surface area (Å²) in [4.78, 5) is 39.0. The first-order chi connectivity index (χ1) is 16.7. The van der Waals surface area contributed by atoms with E-state index in [9.17, 15) is 43.6 Å². The van der Waals surface area contributed by atoms with Gasteiger partial charge < -0.3 is 45.8 Å². The summed E-state index contributed by atoms with van der Waals surface area (Å²) < 4.78 is 38.8. The van der Waals surface area contributed by atoms with E-state index in [2.05, 4.69) is 4.98 Å². The van der Waals surface area contributed by atoms with Crippen LogP contribution in [0.3, 0.4) is 0 Å². The normalized spacial score (nSPS) is 35.9. The highest BCUT2D eigenvalue weighted by molar-refractivity contribution is 5.23. The number of aliphatic hydroxyl groups excluding tert-OH is 4. The average molecular weight is 523 g/mol. The summed E-state index contributed by atoms with van der Waals surface area (Å²) in [6, 6.07) is 2.14. The van der Waals surface area contributed by atoms with E-state index in [1.807, 2.05) is 4.98 Å². The topological polar surface area (TPSA) is 256 Å². The van der Waals surface area contributed by atoms with Crippen LogP contribution in [0.4, 0.5) is 14.6 Å². The van der Waals surface area contributed by atoms with E-state index in [1.165, 1.54) is 6.07 Å². The van der Waals surface area contributed by atoms with Crippen molar-refractivity contribution in [2.45, 2.75) is 48.6 Å². The number of aromatic nitrogens is 4. The second kappa shape index (κ2) is 10.1. The number of nitrogen functional groups attached to an aromatic ring is 1. The molecule has 2 aromatic rings. The van der Waals surface area contributed by atoms with Crippen LogP contribution in [0.25, 0.3) is 0 Å². The van der Waals surface area contributed by atoms with Gasteiger partial charge in [0.25, 0.3) is 17.3 Å². The van der Waals surface area contributed by atoms with Crippen LogP contribution in [0.1, 0.15) is 12.5 Å². The monoisotopic (exact) mass is 523 g/mol. The zero-order chi connectivity index (χ0) is 27.0. The maximum atomic E-state index is 13.9. The molecule has 0 radical (unpaired) electrons. The molecular formula is C18H23F2N5O11. The van der Waals surface area contributed by atoms with Gasteiger partial charge in [0, 0.05) is 18.5 Å². The zero-order valence-electron chi connectivity index (χ0n) is 18.1. The molecule has 0 aliphatic carbocycles. The summed E-state index contributed by atoms with van der Waals surface area (Å²) in [5.41, 5.74) is 2.62. The Morgan fingerprint density at radius 3 is 1.83 bits per heavy atom. The van der Waals surface area contributed by atoms with Crippen molar-refractivity contribution in [3.63, 3.8) is 0 Å². The number of nitrogens with two attached hydrogens (primary N) is 1. The van der Waals surface area contributed by atoms with E-state index in [1.54, 1.807) is 0 Å². The lowest BCUT2D eigenvalue weighted by atomic mass is 10.1. The van der Waals surface area contributed by atoms with E-state index in [0.29, 0.717) is 9.13 Å². The van der Waals surface area contributed by atoms with E-state index in [0.717, 1.165) is 18.5 Å². The second-order valence-corrected chi connectivity index (χ2v) is 7.82. The highest BCUT2D eigenvalue weighted by Gasteiger charge is 2.58. The number of aliphatic hydroxyl groups is 6. The minimum atomic E-state index is -3.25. The molecule has 9 N–H and O–H groups in total. The number of nitrogens with zero attached hydrogens (tertiary/aromatic N) is 3. The van der Waals surface area contributed by atoms with Gasteiger partial charge in [0.2, 0.25) is 0 Å². The predicted octanol–water partition coefficient (Wildman–Crippen LogP) is -4.82. The number of H-pyrrole nitrogens is 1. The van der Waals surface area contributed by atoms with Crippen LogP contribution < -0.4 is 22.7 Å². The molecule has 2 aliphatic heterocycles. The van der Waals surface area contributed by atoms with Gasteiger partial charge >= 0.3 is 11.4 Å². The predicted molar refractivity (Wildman–Crippen MR) is 110 cm³/mol. The third kappa shape index (κ3) is 4.92. The molecule has 36 heavy (non-hydrogen) atoms. The summed E-state index contributed by atoms with van der Waals surface area (Å²) in [5.74, 6) is -6.54. The molecule has 0 saturated carbocycles. The zero-order valence-corrected chi connectivity index (χ0v) is 18.1. The van der Waals surface area contributed by atoms with Gasteiger partial charge in [0.15, 0.2) is 12.5 Å². The van der Waals surface area contributed by atoms with Gasteiger partial charge in [0.1, 0.15) is 30.2 Å². The average Bonchev–Trinajstić information content (AvgIpc) is 3.17. The number of hydrogen-bond donors (Lipinski definition) is 8. The maximum Gasteiger partial charge on any atom is 0.351 e. The summed E-state index contributed by atoms with van der Waals surface area (Å²) in [6.07, 6.45) is -8.35. The fourth-order valence-electron chi connectivity index (χ4n) is 3.51. The fourth-order valence-corrected chi connectivity index (χ4v) is 3.51. The van der Waals surface area contributed by atoms with Crippen molar-refractivity contribution in [2.75, 3.05) is 18.9 Å². The van der Waals surface area contributed by atoms with Crippen LogP contribution in [-0.2, 0) is 9.47 Å². The Hall–Kier alpha value is -3.10. The molecule has 4 heterocycles. The number of anilines is 1. The molecule has 2 fully saturated rings. The number of nitrogens with one attached hydrogen (secondary N) is 1. The van der Waals surface area contributed by atoms with Gasteiger partial charge in [-0.2, -0.15) is 4.98 Å². The molecule has 2 aromatic heterocycles. The minimum absolute atomic E-state index is 0.0732. The highest BCUT2D eigenvalue weighted by atomic mass is 19.2. The molecule has 0 bridgehead atoms. The van der Waals surface area contributed by atoms with Crippen molar-refractivity contribution in [1.29, 1.82) is 0 Å². The quantitative estimate of drug-likeness (QED) is 0.187. The van der Waals surface area contributed by atoms with E-state index in [4.69, 9.17) is 25.4 Å². The lowest BCUT2D eigenvalue weighted by Crippen LogP contribution is -2.45. The van der Waals surface area contributed by atoms with Crippen molar-refractivity contribution in [2.24, 2.45) is 0 Å². The van der Waals surface area contributed by atoms with Gasteiger partial charge in [-0.3, -0.25) is 18.9 Å². The van der Waals surface area contributed by atoms with Gasteiger partial charge in [-0.05, 0) is 6.07 Å². The largest absolute Gasteiger partial charge is 0.394 e. The molecule has 0 unspecified atom stereocenters. The number of alkyl halides is 2. The van der Waals surface area contributed by atoms with Crippen LogP contribution in [0, 0.1) is 0 Å². The molecular weight excluding hydrogens is 500 g/mol. The number of ether oxygens (including phenoxy) is 2. The van der Waals surface area contributed by atoms with Crippen molar-refractivity contribution in [1.82, 2.24) is 19.1 Å². The van der Waals surface area contributed by atoms with Crippen LogP contribution in [-0.4, -0.2) is 99.1 Å². The van der Waals surface area contributed by atoms with Crippen molar-refractivity contribution in [3.05, 3.63) is 55.8 Å². The lowest BCUT2D eigenvalue weighted by molar-refractivity contribution is -0.197. The Kier molecular flexibility index (Phi) is 7.72. The summed E-state index contributed by atoms with van der Waals surface area (Å²) in [6.45, 7) is -1.44. The fraction of sp³-hybridized carbons (Fsp3) is 0.556. The SMILES string of the molecule is Nc1ccn([C@@H]2O[C@H](CO)[C@@H](O)[C@]2(O)F)c(=O)n1.O=c1ccn([C@@H]2O[C@H](CO)[C@@H](O)[C@]2(O)F)c(=O)[nH]1. The van der Waals surface area contributed by atoms with E-state index >= 15 is 0 Å². The summed E-state index contributed by atoms with van der Waals surface area (Å²) in [5, 5.41) is 55.5. The van der Waals surface area contributed by atoms with E-state index < -0.39 is 78.7 Å². The number of halogens is 2. The Morgan fingerprint density at radius 2 is 1.42 bits per heavy atom. The van der Waals surface area contributed by atoms with Gasteiger partial charge in [-0.1, -0.05) is 0 Å². The Labute approximate surface area is 198 Å². The number of aromatic amines is 1. The molecule has 2 aliphatic rings. The highest BCUT2D eigenvalue weighted by Crippen LogP contribution is 2.39. The van der Waals surface area contributed by atoms with Crippen LogP contribution in [0.15, 0.2) is 38.9 Å². The van der Waals surface area contributed by atoms with Crippen molar-refractivity contribution < 1.29 is 48.9 Å². The molecule has 16 nitrogen and oxygen atoms in total. The summed E-state index contributed by atoms with van der Waals surface area (Å²) in [7, 11) is 0. The molecule has 4 rings (SSSR count). The molecule has 8 atom stereocenters. The van der Waals surface area contributed by atoms with Crippen LogP contribution >= 0.6 is 0 Å². The molecule has 0 spiro atoms. The smallest absolute Gasteiger partial charge is 0.351 e. The summed E-state index contributed by atoms with van der Waals surface area (Å²) >= 11 is 0. The first kappa shape index (κ1) is 27.5. The Balaban J connectivity index is 0.000000201. The molecule has 200 valence electrons. The van der Waals surface area contributed by atoms with Crippen LogP contribution in [0.5, 0.6) is 0 Å². The first-order valence-corrected chi connectivity index (χ1v) is 10.1. The molecule has 18 heteroatoms. The molecule has 2 saturated heterocycles. The Bertz CT molecular complexity index is 1250. The lowest BCUT2D eigenvalue weighted by Gasteiger charge is -2.23. The van der Waals surface area contributed by atoms with Crippen molar-refractivity contribution in [3.8, 4) is 0 Å². The second-order valence-electron chi connectivity index (χ2n) is 7.82. The van der Waals surface area contributed by atoms with Gasteiger partial charge in [-0.15, -0.1) is 0 Å². The molecule has 0 amide bonds. The molecule has 0 aromatic carbocycles. The van der Waals surface area contributed by atoms with Gasteiger partial charge in [-0.25, -0.2) is 18.4 Å². The minimum Gasteiger partial charge on any atom is -0.394 e. The standard InChI is InChI=1S/C9H12FN3O5.C9H11FN2O6/c10-9(17)6(15)4(3-14)18-7(9)13-2-1-5(11)12-8(13)16;10-9(17)6(15)4(3-13)18-7(9)12-2-1-5(14)11-8(12)16/h1-2,4,6-7,14-15,17H,3H2,(H2,11,12,16);1-2,4,6-7,13,15,17H,3H2,(H,11,14,16)/t2*4-,6-,7-,9-/m11/s1. The third-order valence-corrected chi connectivity index (χ3v) is 5.40. The van der Waals surface area contributed by atoms with Crippen molar-refractivity contribution >= 4 is 5.82 Å². The Morgan fingerprint density at radius 1 is 0.944 bits per heavy atom. The van der Waals surface area contributed by atoms with Gasteiger partial charge in [0.05, 0.1) is 13.2 Å². The third-order valence-electron chi connectivity index (χ3n) is 5.40. The number of rotatable bonds is 4. The maximum absolute atomic E-state index is 13.9. The first-order valence-electron chi connectivity index (χ1n) is 10.1. The van der Waals surface area contributed by atoms with Crippen LogP contribution in [0.2, 0.25) is 0 Å².